The predicted octanol–water partition coefficient (Wildman–Crippen LogP) is 4.39. The van der Waals surface area contributed by atoms with Crippen LogP contribution >= 0.6 is 0 Å². The summed E-state index contributed by atoms with van der Waals surface area (Å²) in [6, 6.07) is 0. The van der Waals surface area contributed by atoms with Gasteiger partial charge in [-0.2, -0.15) is 0 Å². The molecule has 0 saturated heterocycles. The summed E-state index contributed by atoms with van der Waals surface area (Å²) in [6.07, 6.45) is 10.2. The Morgan fingerprint density at radius 3 is 2.00 bits per heavy atom. The Kier molecular flexibility index (Phi) is 6.41. The average molecular weight is 226 g/mol. The van der Waals surface area contributed by atoms with Crippen LogP contribution in [0.5, 0.6) is 0 Å². The molecule has 0 amide bonds. The van der Waals surface area contributed by atoms with Crippen LogP contribution in [0.4, 0.5) is 0 Å². The van der Waals surface area contributed by atoms with Crippen molar-refractivity contribution in [2.75, 3.05) is 0 Å². The number of hydrogen-bond donors (Lipinski definition) is 1. The first kappa shape index (κ1) is 14.0. The zero-order valence-corrected chi connectivity index (χ0v) is 11.4. The van der Waals surface area contributed by atoms with Crippen molar-refractivity contribution in [3.8, 4) is 0 Å². The van der Waals surface area contributed by atoms with Gasteiger partial charge in [0.05, 0.1) is 6.10 Å². The van der Waals surface area contributed by atoms with Gasteiger partial charge in [0.15, 0.2) is 0 Å². The maximum atomic E-state index is 10.3. The minimum atomic E-state index is -0.0300. The van der Waals surface area contributed by atoms with Crippen LogP contribution in [-0.2, 0) is 0 Å². The number of aliphatic hydroxyl groups excluding tert-OH is 1. The van der Waals surface area contributed by atoms with Gasteiger partial charge in [0, 0.05) is 0 Å². The lowest BCUT2D eigenvalue weighted by Crippen LogP contribution is -2.31. The van der Waals surface area contributed by atoms with E-state index in [1.165, 1.54) is 38.5 Å². The van der Waals surface area contributed by atoms with Gasteiger partial charge in [0.25, 0.3) is 0 Å². The first-order valence-corrected chi connectivity index (χ1v) is 7.40. The normalized spacial score (nSPS) is 28.3. The molecule has 1 atom stereocenters. The first-order chi connectivity index (χ1) is 7.72. The second kappa shape index (κ2) is 7.32. The van der Waals surface area contributed by atoms with E-state index >= 15 is 0 Å². The second-order valence-corrected chi connectivity index (χ2v) is 5.64. The van der Waals surface area contributed by atoms with Crippen LogP contribution in [0, 0.1) is 17.8 Å². The monoisotopic (exact) mass is 226 g/mol. The molecule has 1 N–H and O–H groups in total. The van der Waals surface area contributed by atoms with E-state index in [9.17, 15) is 5.11 Å². The van der Waals surface area contributed by atoms with Crippen molar-refractivity contribution >= 4 is 0 Å². The van der Waals surface area contributed by atoms with E-state index in [-0.39, 0.29) is 6.10 Å². The van der Waals surface area contributed by atoms with Crippen LogP contribution in [0.3, 0.4) is 0 Å². The minimum absolute atomic E-state index is 0.0300. The summed E-state index contributed by atoms with van der Waals surface area (Å²) >= 11 is 0. The lowest BCUT2D eigenvalue weighted by atomic mass is 9.74. The molecule has 1 unspecified atom stereocenters. The number of aliphatic hydroxyl groups is 1. The molecule has 0 spiro atoms. The maximum absolute atomic E-state index is 10.3. The molecule has 1 nitrogen and oxygen atoms in total. The summed E-state index contributed by atoms with van der Waals surface area (Å²) < 4.78 is 0. The highest BCUT2D eigenvalue weighted by atomic mass is 16.3. The van der Waals surface area contributed by atoms with Crippen LogP contribution in [0.2, 0.25) is 0 Å². The van der Waals surface area contributed by atoms with E-state index in [1.54, 1.807) is 0 Å². The summed E-state index contributed by atoms with van der Waals surface area (Å²) in [6.45, 7) is 6.70. The highest BCUT2D eigenvalue weighted by Crippen LogP contribution is 2.36. The zero-order chi connectivity index (χ0) is 12.0. The van der Waals surface area contributed by atoms with Crippen molar-refractivity contribution in [2.45, 2.75) is 78.2 Å². The third kappa shape index (κ3) is 3.76. The van der Waals surface area contributed by atoms with Crippen molar-refractivity contribution in [1.82, 2.24) is 0 Å². The molecule has 0 aromatic carbocycles. The van der Waals surface area contributed by atoms with Crippen LogP contribution in [-0.4, -0.2) is 11.2 Å². The first-order valence-electron chi connectivity index (χ1n) is 7.40. The minimum Gasteiger partial charge on any atom is -0.393 e. The molecule has 0 radical (unpaired) electrons. The van der Waals surface area contributed by atoms with Crippen molar-refractivity contribution < 1.29 is 5.11 Å². The molecule has 1 aliphatic rings. The van der Waals surface area contributed by atoms with Gasteiger partial charge in [0.2, 0.25) is 0 Å². The molecular formula is C15H30O. The zero-order valence-electron chi connectivity index (χ0n) is 11.4. The molecule has 96 valence electrons. The molecule has 1 heteroatoms. The largest absolute Gasteiger partial charge is 0.393 e. The Labute approximate surface area is 102 Å². The third-order valence-electron chi connectivity index (χ3n) is 4.60. The van der Waals surface area contributed by atoms with Gasteiger partial charge in [-0.1, -0.05) is 59.3 Å². The molecule has 1 fully saturated rings. The van der Waals surface area contributed by atoms with E-state index in [1.807, 2.05) is 0 Å². The summed E-state index contributed by atoms with van der Waals surface area (Å²) in [7, 11) is 0. The summed E-state index contributed by atoms with van der Waals surface area (Å²) in [5.41, 5.74) is 0. The molecule has 0 aromatic rings. The van der Waals surface area contributed by atoms with Crippen LogP contribution in [0.15, 0.2) is 0 Å². The molecule has 1 rings (SSSR count). The lowest BCUT2D eigenvalue weighted by molar-refractivity contribution is 0.0223. The Morgan fingerprint density at radius 1 is 1.00 bits per heavy atom. The third-order valence-corrected chi connectivity index (χ3v) is 4.60. The summed E-state index contributed by atoms with van der Waals surface area (Å²) in [5, 5.41) is 10.3. The van der Waals surface area contributed by atoms with E-state index in [2.05, 4.69) is 20.8 Å². The Bertz CT molecular complexity index is 166. The quantitative estimate of drug-likeness (QED) is 0.712. The van der Waals surface area contributed by atoms with Crippen LogP contribution in [0.25, 0.3) is 0 Å². The van der Waals surface area contributed by atoms with Gasteiger partial charge >= 0.3 is 0 Å². The van der Waals surface area contributed by atoms with Gasteiger partial charge in [-0.05, 0) is 30.6 Å². The fourth-order valence-electron chi connectivity index (χ4n) is 3.38. The highest BCUT2D eigenvalue weighted by molar-refractivity contribution is 4.80. The number of hydrogen-bond acceptors (Lipinski definition) is 1. The molecule has 16 heavy (non-hydrogen) atoms. The number of rotatable bonds is 6. The molecule has 0 aliphatic heterocycles. The van der Waals surface area contributed by atoms with Gasteiger partial charge in [-0.15, -0.1) is 0 Å². The molecule has 0 aromatic heterocycles. The van der Waals surface area contributed by atoms with Gasteiger partial charge in [-0.25, -0.2) is 0 Å². The molecule has 0 bridgehead atoms. The standard InChI is InChI=1S/C15H30O/c1-4-7-12-8-10-14(11-9-12)15(16)13(5-2)6-3/h12-16H,4-11H2,1-3H3. The highest BCUT2D eigenvalue weighted by Gasteiger charge is 2.29. The van der Waals surface area contributed by atoms with Gasteiger partial charge < -0.3 is 5.11 Å². The summed E-state index contributed by atoms with van der Waals surface area (Å²) in [4.78, 5) is 0. The topological polar surface area (TPSA) is 20.2 Å². The van der Waals surface area contributed by atoms with E-state index < -0.39 is 0 Å². The smallest absolute Gasteiger partial charge is 0.0596 e. The lowest BCUT2D eigenvalue weighted by Gasteiger charge is -2.34. The average Bonchev–Trinajstić information content (AvgIpc) is 2.32. The second-order valence-electron chi connectivity index (χ2n) is 5.64. The van der Waals surface area contributed by atoms with Crippen LogP contribution < -0.4 is 0 Å². The van der Waals surface area contributed by atoms with E-state index in [0.29, 0.717) is 11.8 Å². The SMILES string of the molecule is CCCC1CCC(C(O)C(CC)CC)CC1. The molecule has 1 saturated carbocycles. The fourth-order valence-corrected chi connectivity index (χ4v) is 3.38. The Morgan fingerprint density at radius 2 is 1.56 bits per heavy atom. The van der Waals surface area contributed by atoms with Gasteiger partial charge in [-0.3, -0.25) is 0 Å². The molecule has 1 aliphatic carbocycles. The van der Waals surface area contributed by atoms with Crippen molar-refractivity contribution in [2.24, 2.45) is 17.8 Å². The Balaban J connectivity index is 2.34. The van der Waals surface area contributed by atoms with Crippen molar-refractivity contribution in [3.63, 3.8) is 0 Å². The Hall–Kier alpha value is -0.0400. The maximum Gasteiger partial charge on any atom is 0.0596 e. The summed E-state index contributed by atoms with van der Waals surface area (Å²) in [5.74, 6) is 2.08. The van der Waals surface area contributed by atoms with Crippen molar-refractivity contribution in [1.29, 1.82) is 0 Å². The van der Waals surface area contributed by atoms with E-state index in [4.69, 9.17) is 0 Å². The molecule has 0 heterocycles. The predicted molar refractivity (Wildman–Crippen MR) is 70.4 cm³/mol. The van der Waals surface area contributed by atoms with Gasteiger partial charge in [0.1, 0.15) is 0 Å². The fraction of sp³-hybridized carbons (Fsp3) is 1.00. The van der Waals surface area contributed by atoms with Crippen LogP contribution in [0.1, 0.15) is 72.1 Å². The molecular weight excluding hydrogens is 196 g/mol. The van der Waals surface area contributed by atoms with Crippen molar-refractivity contribution in [3.05, 3.63) is 0 Å². The van der Waals surface area contributed by atoms with E-state index in [0.717, 1.165) is 18.8 Å².